The lowest BCUT2D eigenvalue weighted by molar-refractivity contribution is 0.0620. The van der Waals surface area contributed by atoms with Crippen molar-refractivity contribution in [3.05, 3.63) is 35.6 Å². The van der Waals surface area contributed by atoms with Crippen molar-refractivity contribution in [3.8, 4) is 0 Å². The Morgan fingerprint density at radius 2 is 2.09 bits per heavy atom. The zero-order valence-electron chi connectivity index (χ0n) is 13.8. The summed E-state index contributed by atoms with van der Waals surface area (Å²) in [5, 5.41) is 4.35. The Bertz CT molecular complexity index is 726. The molecule has 122 valence electrons. The number of piperidine rings is 3. The number of rotatable bonds is 3. The lowest BCUT2D eigenvalue weighted by atomic mass is 9.84. The summed E-state index contributed by atoms with van der Waals surface area (Å²) >= 11 is 0. The predicted molar refractivity (Wildman–Crippen MR) is 90.7 cm³/mol. The average Bonchev–Trinajstić information content (AvgIpc) is 2.99. The van der Waals surface area contributed by atoms with Crippen molar-refractivity contribution < 1.29 is 9.21 Å². The van der Waals surface area contributed by atoms with Crippen molar-refractivity contribution in [2.24, 2.45) is 5.92 Å². The second-order valence-electron chi connectivity index (χ2n) is 7.27. The van der Waals surface area contributed by atoms with E-state index in [2.05, 4.69) is 24.1 Å². The molecule has 3 fully saturated rings. The summed E-state index contributed by atoms with van der Waals surface area (Å²) in [5.74, 6) is 1.08. The first-order valence-corrected chi connectivity index (χ1v) is 8.66. The van der Waals surface area contributed by atoms with Crippen LogP contribution in [0.3, 0.4) is 0 Å². The van der Waals surface area contributed by atoms with E-state index in [0.29, 0.717) is 23.4 Å². The normalized spacial score (nSPS) is 26.8. The number of fused-ring (bicyclic) bond motifs is 4. The molecule has 0 aliphatic carbocycles. The maximum atomic E-state index is 12.6. The minimum absolute atomic E-state index is 0.0214. The van der Waals surface area contributed by atoms with E-state index in [1.807, 2.05) is 24.5 Å². The van der Waals surface area contributed by atoms with Gasteiger partial charge in [-0.2, -0.15) is 0 Å². The first kappa shape index (κ1) is 14.8. The molecule has 4 heteroatoms. The van der Waals surface area contributed by atoms with Crippen LogP contribution in [0.4, 0.5) is 0 Å². The van der Waals surface area contributed by atoms with Crippen LogP contribution in [0, 0.1) is 5.92 Å². The zero-order chi connectivity index (χ0) is 16.0. The molecular weight excluding hydrogens is 288 g/mol. The van der Waals surface area contributed by atoms with Crippen LogP contribution < -0.4 is 5.32 Å². The van der Waals surface area contributed by atoms with Crippen LogP contribution in [0.5, 0.6) is 0 Å². The minimum Gasteiger partial charge on any atom is -0.464 e. The molecule has 4 nitrogen and oxygen atoms in total. The van der Waals surface area contributed by atoms with Gasteiger partial charge in [-0.25, -0.2) is 0 Å². The molecule has 1 N–H and O–H groups in total. The van der Waals surface area contributed by atoms with Gasteiger partial charge in [0, 0.05) is 29.1 Å². The van der Waals surface area contributed by atoms with E-state index >= 15 is 0 Å². The monoisotopic (exact) mass is 312 g/mol. The predicted octanol–water partition coefficient (Wildman–Crippen LogP) is 3.38. The van der Waals surface area contributed by atoms with Gasteiger partial charge in [-0.15, -0.1) is 0 Å². The topological polar surface area (TPSA) is 45.5 Å². The van der Waals surface area contributed by atoms with Crippen LogP contribution in [0.1, 0.15) is 48.5 Å². The summed E-state index contributed by atoms with van der Waals surface area (Å²) in [4.78, 5) is 15.1. The number of amides is 1. The van der Waals surface area contributed by atoms with Crippen molar-refractivity contribution >= 4 is 16.9 Å². The second-order valence-corrected chi connectivity index (χ2v) is 7.27. The van der Waals surface area contributed by atoms with Gasteiger partial charge in [-0.05, 0) is 49.9 Å². The third kappa shape index (κ3) is 2.65. The molecule has 23 heavy (non-hydrogen) atoms. The van der Waals surface area contributed by atoms with Gasteiger partial charge < -0.3 is 14.6 Å². The standard InChI is InChI=1S/C19H24N2O2/c1-12(2)16-11-23-18-9-14(3-4-15(16)18)19(22)20-17-10-21-7-5-13(17)6-8-21/h3-4,9,11-13,17H,5-8,10H2,1-2H3,(H,20,22)/t17-/m0/s1. The molecule has 0 radical (unpaired) electrons. The van der Waals surface area contributed by atoms with E-state index in [1.165, 1.54) is 31.5 Å². The Balaban J connectivity index is 1.53. The Labute approximate surface area is 136 Å². The highest BCUT2D eigenvalue weighted by atomic mass is 16.3. The van der Waals surface area contributed by atoms with Crippen molar-refractivity contribution in [1.82, 2.24) is 10.2 Å². The average molecular weight is 312 g/mol. The SMILES string of the molecule is CC(C)c1coc2cc(C(=O)N[C@H]3CN4CCC3CC4)ccc12. The number of carbonyl (C=O) groups excluding carboxylic acids is 1. The number of nitrogens with zero attached hydrogens (tertiary/aromatic N) is 1. The summed E-state index contributed by atoms with van der Waals surface area (Å²) < 4.78 is 5.65. The molecule has 1 aromatic heterocycles. The van der Waals surface area contributed by atoms with Gasteiger partial charge in [-0.1, -0.05) is 19.9 Å². The van der Waals surface area contributed by atoms with Gasteiger partial charge in [0.2, 0.25) is 0 Å². The van der Waals surface area contributed by atoms with Gasteiger partial charge in [0.05, 0.1) is 6.26 Å². The van der Waals surface area contributed by atoms with Gasteiger partial charge in [0.25, 0.3) is 5.91 Å². The molecule has 3 aliphatic rings. The van der Waals surface area contributed by atoms with Crippen molar-refractivity contribution in [2.45, 2.75) is 38.6 Å². The van der Waals surface area contributed by atoms with Crippen molar-refractivity contribution in [1.29, 1.82) is 0 Å². The molecule has 3 aliphatic heterocycles. The quantitative estimate of drug-likeness (QED) is 0.945. The van der Waals surface area contributed by atoms with Gasteiger partial charge in [0.1, 0.15) is 5.58 Å². The van der Waals surface area contributed by atoms with Crippen LogP contribution >= 0.6 is 0 Å². The van der Waals surface area contributed by atoms with Gasteiger partial charge >= 0.3 is 0 Å². The minimum atomic E-state index is 0.0214. The van der Waals surface area contributed by atoms with Crippen molar-refractivity contribution in [2.75, 3.05) is 19.6 Å². The molecule has 1 atom stereocenters. The van der Waals surface area contributed by atoms with Crippen LogP contribution in [0.2, 0.25) is 0 Å². The number of hydrogen-bond donors (Lipinski definition) is 1. The molecule has 2 aromatic rings. The maximum Gasteiger partial charge on any atom is 0.251 e. The Hall–Kier alpha value is -1.81. The maximum absolute atomic E-state index is 12.6. The molecule has 5 rings (SSSR count). The first-order chi connectivity index (χ1) is 11.1. The second kappa shape index (κ2) is 5.68. The molecular formula is C19H24N2O2. The fourth-order valence-corrected chi connectivity index (χ4v) is 4.02. The van der Waals surface area contributed by atoms with E-state index in [9.17, 15) is 4.79 Å². The Kier molecular flexibility index (Phi) is 3.64. The largest absolute Gasteiger partial charge is 0.464 e. The third-order valence-electron chi connectivity index (χ3n) is 5.46. The number of furan rings is 1. The highest BCUT2D eigenvalue weighted by Gasteiger charge is 2.34. The molecule has 2 bridgehead atoms. The van der Waals surface area contributed by atoms with E-state index < -0.39 is 0 Å². The van der Waals surface area contributed by atoms with Gasteiger partial charge in [-0.3, -0.25) is 4.79 Å². The molecule has 0 spiro atoms. The summed E-state index contributed by atoms with van der Waals surface area (Å²) in [6.45, 7) is 7.67. The highest BCUT2D eigenvalue weighted by molar-refractivity contribution is 5.98. The summed E-state index contributed by atoms with van der Waals surface area (Å²) in [7, 11) is 0. The number of benzene rings is 1. The van der Waals surface area contributed by atoms with Crippen LogP contribution in [0.15, 0.2) is 28.9 Å². The Morgan fingerprint density at radius 1 is 1.30 bits per heavy atom. The van der Waals surface area contributed by atoms with E-state index in [-0.39, 0.29) is 5.91 Å². The summed E-state index contributed by atoms with van der Waals surface area (Å²) in [6.07, 6.45) is 4.23. The molecule has 1 amide bonds. The molecule has 1 aromatic carbocycles. The first-order valence-electron chi connectivity index (χ1n) is 8.66. The van der Waals surface area contributed by atoms with Gasteiger partial charge in [0.15, 0.2) is 0 Å². The number of nitrogens with one attached hydrogen (secondary N) is 1. The fraction of sp³-hybridized carbons (Fsp3) is 0.526. The molecule has 0 unspecified atom stereocenters. The van der Waals surface area contributed by atoms with E-state index in [0.717, 1.165) is 17.5 Å². The number of hydrogen-bond acceptors (Lipinski definition) is 3. The highest BCUT2D eigenvalue weighted by Crippen LogP contribution is 2.29. The summed E-state index contributed by atoms with van der Waals surface area (Å²) in [6, 6.07) is 6.10. The molecule has 3 saturated heterocycles. The smallest absolute Gasteiger partial charge is 0.251 e. The van der Waals surface area contributed by atoms with Crippen LogP contribution in [0.25, 0.3) is 11.0 Å². The molecule has 0 saturated carbocycles. The lowest BCUT2D eigenvalue weighted by Crippen LogP contribution is -2.57. The van der Waals surface area contributed by atoms with Crippen LogP contribution in [-0.4, -0.2) is 36.5 Å². The van der Waals surface area contributed by atoms with Crippen LogP contribution in [-0.2, 0) is 0 Å². The zero-order valence-corrected chi connectivity index (χ0v) is 13.8. The van der Waals surface area contributed by atoms with E-state index in [4.69, 9.17) is 4.42 Å². The van der Waals surface area contributed by atoms with E-state index in [1.54, 1.807) is 0 Å². The summed E-state index contributed by atoms with van der Waals surface area (Å²) in [5.41, 5.74) is 2.69. The lowest BCUT2D eigenvalue weighted by Gasteiger charge is -2.44. The molecule has 4 heterocycles. The number of carbonyl (C=O) groups is 1. The Morgan fingerprint density at radius 3 is 2.74 bits per heavy atom. The van der Waals surface area contributed by atoms with Crippen molar-refractivity contribution in [3.63, 3.8) is 0 Å². The third-order valence-corrected chi connectivity index (χ3v) is 5.46. The fourth-order valence-electron chi connectivity index (χ4n) is 4.02.